The van der Waals surface area contributed by atoms with Crippen molar-refractivity contribution in [3.05, 3.63) is 22.4 Å². The molecule has 0 spiro atoms. The van der Waals surface area contributed by atoms with Crippen molar-refractivity contribution in [3.63, 3.8) is 0 Å². The van der Waals surface area contributed by atoms with Crippen LogP contribution in [0.3, 0.4) is 0 Å². The van der Waals surface area contributed by atoms with Crippen molar-refractivity contribution < 1.29 is 0 Å². The van der Waals surface area contributed by atoms with E-state index in [1.807, 2.05) is 11.3 Å². The van der Waals surface area contributed by atoms with Crippen molar-refractivity contribution in [1.29, 1.82) is 0 Å². The van der Waals surface area contributed by atoms with E-state index >= 15 is 0 Å². The zero-order valence-corrected chi connectivity index (χ0v) is 8.86. The Morgan fingerprint density at radius 2 is 2.45 bits per heavy atom. The van der Waals surface area contributed by atoms with E-state index in [4.69, 9.17) is 0 Å². The van der Waals surface area contributed by atoms with Crippen molar-refractivity contribution in [3.8, 4) is 0 Å². The minimum Gasteiger partial charge on any atom is -0.148 e. The molecule has 60 valence electrons. The van der Waals surface area contributed by atoms with Crippen LogP contribution in [-0.4, -0.2) is 0 Å². The third kappa shape index (κ3) is 1.52. The molecule has 11 heavy (non-hydrogen) atoms. The number of thiophene rings is 1. The van der Waals surface area contributed by atoms with Crippen LogP contribution in [0.4, 0.5) is 0 Å². The van der Waals surface area contributed by atoms with Crippen LogP contribution in [0.1, 0.15) is 23.0 Å². The third-order valence-electron chi connectivity index (χ3n) is 2.36. The Hall–Kier alpha value is 0.180. The second kappa shape index (κ2) is 2.91. The Balaban J connectivity index is 2.06. The summed E-state index contributed by atoms with van der Waals surface area (Å²) >= 11 is 5.60. The molecule has 3 atom stereocenters. The number of alkyl halides is 1. The van der Waals surface area contributed by atoms with Gasteiger partial charge in [-0.05, 0) is 29.7 Å². The molecule has 0 amide bonds. The summed E-state index contributed by atoms with van der Waals surface area (Å²) in [5.41, 5.74) is 0. The predicted molar refractivity (Wildman–Crippen MR) is 53.3 cm³/mol. The van der Waals surface area contributed by atoms with Gasteiger partial charge in [-0.25, -0.2) is 0 Å². The topological polar surface area (TPSA) is 0 Å². The fourth-order valence-electron chi connectivity index (χ4n) is 1.42. The lowest BCUT2D eigenvalue weighted by Crippen LogP contribution is -1.88. The predicted octanol–water partition coefficient (Wildman–Crippen LogP) is 3.84. The van der Waals surface area contributed by atoms with E-state index in [0.717, 1.165) is 11.8 Å². The van der Waals surface area contributed by atoms with Crippen molar-refractivity contribution in [2.75, 3.05) is 0 Å². The van der Waals surface area contributed by atoms with Crippen LogP contribution in [0.15, 0.2) is 17.5 Å². The molecule has 1 heterocycles. The Bertz CT molecular complexity index is 230. The molecule has 2 rings (SSSR count). The molecule has 0 N–H and O–H groups in total. The third-order valence-corrected chi connectivity index (χ3v) is 4.79. The van der Waals surface area contributed by atoms with Gasteiger partial charge in [0.1, 0.15) is 0 Å². The summed E-state index contributed by atoms with van der Waals surface area (Å²) in [6.45, 7) is 2.33. The molecule has 0 aliphatic heterocycles. The first-order chi connectivity index (χ1) is 5.29. The smallest absolute Gasteiger partial charge is 0.0519 e. The van der Waals surface area contributed by atoms with Crippen LogP contribution >= 0.6 is 27.3 Å². The van der Waals surface area contributed by atoms with Gasteiger partial charge >= 0.3 is 0 Å². The molecule has 0 radical (unpaired) electrons. The highest BCUT2D eigenvalue weighted by molar-refractivity contribution is 9.09. The summed E-state index contributed by atoms with van der Waals surface area (Å²) in [6.07, 6.45) is 1.40. The van der Waals surface area contributed by atoms with E-state index < -0.39 is 0 Å². The number of rotatable bonds is 2. The van der Waals surface area contributed by atoms with Gasteiger partial charge in [0, 0.05) is 4.88 Å². The number of hydrogen-bond acceptors (Lipinski definition) is 1. The fourth-order valence-corrected chi connectivity index (χ4v) is 3.41. The lowest BCUT2D eigenvalue weighted by molar-refractivity contribution is 0.749. The molecule has 1 aromatic rings. The standard InChI is InChI=1S/C9H11BrS/c1-6-5-7(6)9(10)8-3-2-4-11-8/h2-4,6-7,9H,5H2,1H3. The highest BCUT2D eigenvalue weighted by Crippen LogP contribution is 2.51. The summed E-state index contributed by atoms with van der Waals surface area (Å²) in [4.78, 5) is 2.11. The van der Waals surface area contributed by atoms with Gasteiger partial charge in [-0.3, -0.25) is 0 Å². The first kappa shape index (κ1) is 7.81. The molecule has 1 fully saturated rings. The number of halogens is 1. The fraction of sp³-hybridized carbons (Fsp3) is 0.556. The summed E-state index contributed by atoms with van der Waals surface area (Å²) in [7, 11) is 0. The largest absolute Gasteiger partial charge is 0.148 e. The molecular weight excluding hydrogens is 220 g/mol. The van der Waals surface area contributed by atoms with Gasteiger partial charge in [-0.15, -0.1) is 11.3 Å². The van der Waals surface area contributed by atoms with E-state index in [1.54, 1.807) is 0 Å². The molecule has 0 nitrogen and oxygen atoms in total. The first-order valence-electron chi connectivity index (χ1n) is 3.96. The maximum atomic E-state index is 3.74. The zero-order valence-electron chi connectivity index (χ0n) is 6.46. The van der Waals surface area contributed by atoms with Gasteiger partial charge in [0.2, 0.25) is 0 Å². The van der Waals surface area contributed by atoms with Gasteiger partial charge in [-0.1, -0.05) is 28.9 Å². The molecule has 2 heteroatoms. The Morgan fingerprint density at radius 3 is 2.91 bits per heavy atom. The molecule has 0 saturated heterocycles. The van der Waals surface area contributed by atoms with Gasteiger partial charge < -0.3 is 0 Å². The molecule has 0 bridgehead atoms. The lowest BCUT2D eigenvalue weighted by Gasteiger charge is -2.04. The highest BCUT2D eigenvalue weighted by Gasteiger charge is 2.39. The van der Waals surface area contributed by atoms with Crippen LogP contribution < -0.4 is 0 Å². The van der Waals surface area contributed by atoms with Crippen LogP contribution in [0.25, 0.3) is 0 Å². The van der Waals surface area contributed by atoms with Crippen LogP contribution in [0.2, 0.25) is 0 Å². The highest BCUT2D eigenvalue weighted by atomic mass is 79.9. The van der Waals surface area contributed by atoms with E-state index in [-0.39, 0.29) is 0 Å². The van der Waals surface area contributed by atoms with Crippen LogP contribution in [-0.2, 0) is 0 Å². The second-order valence-electron chi connectivity index (χ2n) is 3.29. The second-order valence-corrected chi connectivity index (χ2v) is 5.26. The van der Waals surface area contributed by atoms with Gasteiger partial charge in [-0.2, -0.15) is 0 Å². The normalized spacial score (nSPS) is 31.8. The Morgan fingerprint density at radius 1 is 1.73 bits per heavy atom. The number of hydrogen-bond donors (Lipinski definition) is 0. The van der Waals surface area contributed by atoms with Crippen molar-refractivity contribution in [2.45, 2.75) is 18.2 Å². The maximum Gasteiger partial charge on any atom is 0.0519 e. The zero-order chi connectivity index (χ0) is 7.84. The van der Waals surface area contributed by atoms with Crippen molar-refractivity contribution in [2.24, 2.45) is 11.8 Å². The molecule has 1 aliphatic rings. The summed E-state index contributed by atoms with van der Waals surface area (Å²) in [5, 5.41) is 2.15. The molecular formula is C9H11BrS. The lowest BCUT2D eigenvalue weighted by atomic mass is 10.2. The van der Waals surface area contributed by atoms with Crippen molar-refractivity contribution in [1.82, 2.24) is 0 Å². The quantitative estimate of drug-likeness (QED) is 0.678. The van der Waals surface area contributed by atoms with Crippen molar-refractivity contribution >= 4 is 27.3 Å². The van der Waals surface area contributed by atoms with Crippen LogP contribution in [0.5, 0.6) is 0 Å². The van der Waals surface area contributed by atoms with Gasteiger partial charge in [0.15, 0.2) is 0 Å². The molecule has 1 aliphatic carbocycles. The molecule has 0 aromatic carbocycles. The minimum absolute atomic E-state index is 0.623. The maximum absolute atomic E-state index is 3.74. The van der Waals surface area contributed by atoms with E-state index in [0.29, 0.717) is 4.83 Å². The van der Waals surface area contributed by atoms with Gasteiger partial charge in [0.05, 0.1) is 4.83 Å². The molecule has 1 aromatic heterocycles. The molecule has 1 saturated carbocycles. The Kier molecular flexibility index (Phi) is 2.06. The van der Waals surface area contributed by atoms with Gasteiger partial charge in [0.25, 0.3) is 0 Å². The average Bonchev–Trinajstić information content (AvgIpc) is 2.56. The summed E-state index contributed by atoms with van der Waals surface area (Å²) in [5.74, 6) is 1.83. The monoisotopic (exact) mass is 230 g/mol. The SMILES string of the molecule is CC1CC1C(Br)c1cccs1. The Labute approximate surface area is 79.8 Å². The van der Waals surface area contributed by atoms with E-state index in [1.165, 1.54) is 11.3 Å². The van der Waals surface area contributed by atoms with E-state index in [9.17, 15) is 0 Å². The summed E-state index contributed by atoms with van der Waals surface area (Å²) < 4.78 is 0. The minimum atomic E-state index is 0.623. The average molecular weight is 231 g/mol. The van der Waals surface area contributed by atoms with E-state index in [2.05, 4.69) is 40.4 Å². The van der Waals surface area contributed by atoms with Crippen LogP contribution in [0, 0.1) is 11.8 Å². The molecule has 3 unspecified atom stereocenters. The first-order valence-corrected chi connectivity index (χ1v) is 5.76. The summed E-state index contributed by atoms with van der Waals surface area (Å²) in [6, 6.07) is 4.34.